The summed E-state index contributed by atoms with van der Waals surface area (Å²) in [6.45, 7) is 0. The van der Waals surface area contributed by atoms with Crippen molar-refractivity contribution in [2.75, 3.05) is 5.73 Å². The Morgan fingerprint density at radius 2 is 2.04 bits per heavy atom. The zero-order chi connectivity index (χ0) is 16.8. The molecule has 6 nitrogen and oxygen atoms in total. The average molecular weight is 342 g/mol. The van der Waals surface area contributed by atoms with E-state index in [2.05, 4.69) is 9.97 Å². The van der Waals surface area contributed by atoms with Crippen molar-refractivity contribution in [2.45, 2.75) is 18.9 Å². The van der Waals surface area contributed by atoms with E-state index in [-0.39, 0.29) is 11.6 Å². The van der Waals surface area contributed by atoms with Crippen LogP contribution in [-0.2, 0) is 0 Å². The second kappa shape index (κ2) is 5.58. The molecule has 1 atom stereocenters. The van der Waals surface area contributed by atoms with E-state index in [4.69, 9.17) is 23.1 Å². The SMILES string of the molecule is Nc1ccc(-n2c(C(N)C3CC3)nc3cccc(Cl)c3c2=O)cn1. The lowest BCUT2D eigenvalue weighted by Gasteiger charge is -2.18. The van der Waals surface area contributed by atoms with E-state index >= 15 is 0 Å². The third-order valence-electron chi connectivity index (χ3n) is 4.33. The number of hydrogen-bond acceptors (Lipinski definition) is 5. The number of benzene rings is 1. The van der Waals surface area contributed by atoms with Crippen LogP contribution in [0, 0.1) is 5.92 Å². The summed E-state index contributed by atoms with van der Waals surface area (Å²) in [5, 5.41) is 0.747. The normalized spacial score (nSPS) is 15.6. The lowest BCUT2D eigenvalue weighted by atomic mass is 10.1. The molecule has 4 rings (SSSR count). The first-order valence-corrected chi connectivity index (χ1v) is 8.12. The summed E-state index contributed by atoms with van der Waals surface area (Å²) in [5.41, 5.74) is 12.9. The van der Waals surface area contributed by atoms with Crippen LogP contribution in [-0.4, -0.2) is 14.5 Å². The number of nitrogen functional groups attached to an aromatic ring is 1. The van der Waals surface area contributed by atoms with Crippen molar-refractivity contribution < 1.29 is 0 Å². The minimum absolute atomic E-state index is 0.247. The van der Waals surface area contributed by atoms with Crippen molar-refractivity contribution in [3.8, 4) is 5.69 Å². The number of hydrogen-bond donors (Lipinski definition) is 2. The molecule has 0 aliphatic heterocycles. The van der Waals surface area contributed by atoms with E-state index in [9.17, 15) is 4.79 Å². The van der Waals surface area contributed by atoms with Gasteiger partial charge in [0.2, 0.25) is 0 Å². The lowest BCUT2D eigenvalue weighted by molar-refractivity contribution is 0.574. The van der Waals surface area contributed by atoms with E-state index in [0.29, 0.717) is 39.2 Å². The molecule has 0 saturated heterocycles. The van der Waals surface area contributed by atoms with Crippen LogP contribution >= 0.6 is 11.6 Å². The maximum absolute atomic E-state index is 13.1. The lowest BCUT2D eigenvalue weighted by Crippen LogP contribution is -2.29. The van der Waals surface area contributed by atoms with Gasteiger partial charge in [-0.1, -0.05) is 17.7 Å². The molecule has 2 aromatic heterocycles. The van der Waals surface area contributed by atoms with Crippen LogP contribution in [0.15, 0.2) is 41.3 Å². The van der Waals surface area contributed by atoms with Gasteiger partial charge in [-0.05, 0) is 43.0 Å². The standard InChI is InChI=1S/C17H16ClN5O/c18-11-2-1-3-12-14(11)17(24)23(10-6-7-13(19)21-8-10)16(22-12)15(20)9-4-5-9/h1-3,6-9,15H,4-5,20H2,(H2,19,21). The molecule has 0 radical (unpaired) electrons. The summed E-state index contributed by atoms with van der Waals surface area (Å²) in [6, 6.07) is 8.30. The van der Waals surface area contributed by atoms with E-state index in [1.165, 1.54) is 4.57 Å². The van der Waals surface area contributed by atoms with Gasteiger partial charge in [0.1, 0.15) is 11.6 Å². The van der Waals surface area contributed by atoms with Gasteiger partial charge in [0, 0.05) is 0 Å². The van der Waals surface area contributed by atoms with Gasteiger partial charge in [0.15, 0.2) is 0 Å². The van der Waals surface area contributed by atoms with Crippen LogP contribution in [0.4, 0.5) is 5.82 Å². The number of aromatic nitrogens is 3. The highest BCUT2D eigenvalue weighted by molar-refractivity contribution is 6.35. The van der Waals surface area contributed by atoms with E-state index < -0.39 is 0 Å². The predicted octanol–water partition coefficient (Wildman–Crippen LogP) is 2.43. The Bertz CT molecular complexity index is 979. The first-order chi connectivity index (χ1) is 11.6. The van der Waals surface area contributed by atoms with Crippen molar-refractivity contribution in [2.24, 2.45) is 11.7 Å². The molecule has 1 aliphatic carbocycles. The van der Waals surface area contributed by atoms with Gasteiger partial charge in [-0.15, -0.1) is 0 Å². The minimum atomic E-state index is -0.307. The van der Waals surface area contributed by atoms with Gasteiger partial charge < -0.3 is 11.5 Å². The van der Waals surface area contributed by atoms with Crippen LogP contribution in [0.25, 0.3) is 16.6 Å². The highest BCUT2D eigenvalue weighted by Gasteiger charge is 2.33. The molecular formula is C17H16ClN5O. The van der Waals surface area contributed by atoms with Gasteiger partial charge in [0.05, 0.1) is 33.9 Å². The second-order valence-corrected chi connectivity index (χ2v) is 6.46. The maximum Gasteiger partial charge on any atom is 0.267 e. The van der Waals surface area contributed by atoms with Crippen molar-refractivity contribution in [3.05, 3.63) is 57.7 Å². The Morgan fingerprint density at radius 3 is 2.71 bits per heavy atom. The number of halogens is 1. The summed E-state index contributed by atoms with van der Waals surface area (Å²) in [4.78, 5) is 21.9. The minimum Gasteiger partial charge on any atom is -0.384 e. The second-order valence-electron chi connectivity index (χ2n) is 6.05. The number of nitrogens with zero attached hydrogens (tertiary/aromatic N) is 3. The molecule has 2 heterocycles. The van der Waals surface area contributed by atoms with Gasteiger partial charge in [-0.3, -0.25) is 9.36 Å². The monoisotopic (exact) mass is 341 g/mol. The molecule has 1 aliphatic rings. The molecule has 3 aromatic rings. The molecule has 1 saturated carbocycles. The summed E-state index contributed by atoms with van der Waals surface area (Å²) < 4.78 is 1.50. The zero-order valence-corrected chi connectivity index (χ0v) is 13.6. The number of anilines is 1. The van der Waals surface area contributed by atoms with Gasteiger partial charge in [-0.2, -0.15) is 0 Å². The summed E-state index contributed by atoms with van der Waals surface area (Å²) >= 11 is 6.23. The van der Waals surface area contributed by atoms with Crippen molar-refractivity contribution in [1.82, 2.24) is 14.5 Å². The van der Waals surface area contributed by atoms with Crippen LogP contribution in [0.5, 0.6) is 0 Å². The molecule has 1 aromatic carbocycles. The van der Waals surface area contributed by atoms with Crippen LogP contribution in [0.2, 0.25) is 5.02 Å². The van der Waals surface area contributed by atoms with Crippen LogP contribution < -0.4 is 17.0 Å². The molecule has 4 N–H and O–H groups in total. The van der Waals surface area contributed by atoms with Gasteiger partial charge >= 0.3 is 0 Å². The van der Waals surface area contributed by atoms with Crippen molar-refractivity contribution in [3.63, 3.8) is 0 Å². The van der Waals surface area contributed by atoms with E-state index in [1.807, 2.05) is 0 Å². The van der Waals surface area contributed by atoms with Crippen molar-refractivity contribution >= 4 is 28.3 Å². The quantitative estimate of drug-likeness (QED) is 0.762. The molecule has 0 bridgehead atoms. The summed E-state index contributed by atoms with van der Waals surface area (Å²) in [7, 11) is 0. The fourth-order valence-electron chi connectivity index (χ4n) is 2.88. The molecule has 0 spiro atoms. The summed E-state index contributed by atoms with van der Waals surface area (Å²) in [5.74, 6) is 1.26. The number of pyridine rings is 1. The Balaban J connectivity index is 2.05. The third-order valence-corrected chi connectivity index (χ3v) is 4.64. The molecule has 0 amide bonds. The Hall–Kier alpha value is -2.44. The smallest absolute Gasteiger partial charge is 0.267 e. The van der Waals surface area contributed by atoms with Crippen molar-refractivity contribution in [1.29, 1.82) is 0 Å². The van der Waals surface area contributed by atoms with E-state index in [0.717, 1.165) is 12.8 Å². The zero-order valence-electron chi connectivity index (χ0n) is 12.8. The highest BCUT2D eigenvalue weighted by Crippen LogP contribution is 2.39. The molecule has 1 fully saturated rings. The molecule has 24 heavy (non-hydrogen) atoms. The van der Waals surface area contributed by atoms with Crippen LogP contribution in [0.1, 0.15) is 24.7 Å². The first-order valence-electron chi connectivity index (χ1n) is 7.75. The van der Waals surface area contributed by atoms with Gasteiger partial charge in [-0.25, -0.2) is 9.97 Å². The summed E-state index contributed by atoms with van der Waals surface area (Å²) in [6.07, 6.45) is 3.64. The molecule has 122 valence electrons. The third kappa shape index (κ3) is 2.44. The number of fused-ring (bicyclic) bond motifs is 1. The first kappa shape index (κ1) is 15.1. The molecule has 7 heteroatoms. The molecular weight excluding hydrogens is 326 g/mol. The maximum atomic E-state index is 13.1. The Labute approximate surface area is 143 Å². The fourth-order valence-corrected chi connectivity index (χ4v) is 3.13. The van der Waals surface area contributed by atoms with Crippen LogP contribution in [0.3, 0.4) is 0 Å². The highest BCUT2D eigenvalue weighted by atomic mass is 35.5. The largest absolute Gasteiger partial charge is 0.384 e. The Morgan fingerprint density at radius 1 is 1.25 bits per heavy atom. The average Bonchev–Trinajstić information content (AvgIpc) is 3.40. The Kier molecular flexibility index (Phi) is 3.51. The van der Waals surface area contributed by atoms with E-state index in [1.54, 1.807) is 36.5 Å². The number of nitrogens with two attached hydrogens (primary N) is 2. The van der Waals surface area contributed by atoms with Gasteiger partial charge in [0.25, 0.3) is 5.56 Å². The fraction of sp³-hybridized carbons (Fsp3) is 0.235. The predicted molar refractivity (Wildman–Crippen MR) is 94.2 cm³/mol. The molecule has 1 unspecified atom stereocenters. The number of rotatable bonds is 3. The topological polar surface area (TPSA) is 99.8 Å².